The van der Waals surface area contributed by atoms with E-state index in [1.54, 1.807) is 24.4 Å². The van der Waals surface area contributed by atoms with Crippen molar-refractivity contribution in [1.29, 1.82) is 0 Å². The fraction of sp³-hybridized carbons (Fsp3) is 0.120. The molecule has 1 aromatic heterocycles. The van der Waals surface area contributed by atoms with E-state index in [9.17, 15) is 17.6 Å². The molecule has 1 aliphatic heterocycles. The van der Waals surface area contributed by atoms with Crippen LogP contribution in [-0.4, -0.2) is 31.6 Å². The Morgan fingerprint density at radius 1 is 1.00 bits per heavy atom. The van der Waals surface area contributed by atoms with Crippen molar-refractivity contribution in [2.24, 2.45) is 0 Å². The lowest BCUT2D eigenvalue weighted by Gasteiger charge is -2.17. The lowest BCUT2D eigenvalue weighted by molar-refractivity contribution is 0.102. The fourth-order valence-electron chi connectivity index (χ4n) is 4.07. The number of halogens is 1. The Bertz CT molecular complexity index is 1480. The first-order valence-corrected chi connectivity index (χ1v) is 12.1. The highest BCUT2D eigenvalue weighted by Gasteiger charge is 2.29. The maximum atomic E-state index is 14.7. The molecular formula is C25H20FN3O3S. The van der Waals surface area contributed by atoms with E-state index in [1.807, 2.05) is 36.4 Å². The van der Waals surface area contributed by atoms with E-state index in [0.29, 0.717) is 18.7 Å². The topological polar surface area (TPSA) is 79.4 Å². The van der Waals surface area contributed by atoms with Crippen LogP contribution in [0.4, 0.5) is 15.8 Å². The summed E-state index contributed by atoms with van der Waals surface area (Å²) in [4.78, 5) is 17.3. The van der Waals surface area contributed by atoms with Gasteiger partial charge in [0.05, 0.1) is 22.7 Å². The molecule has 1 amide bonds. The summed E-state index contributed by atoms with van der Waals surface area (Å²) >= 11 is 0. The zero-order valence-electron chi connectivity index (χ0n) is 17.5. The second-order valence-electron chi connectivity index (χ2n) is 7.82. The van der Waals surface area contributed by atoms with E-state index >= 15 is 0 Å². The van der Waals surface area contributed by atoms with Gasteiger partial charge in [-0.25, -0.2) is 12.8 Å². The van der Waals surface area contributed by atoms with Crippen molar-refractivity contribution >= 4 is 38.1 Å². The van der Waals surface area contributed by atoms with E-state index < -0.39 is 21.7 Å². The molecule has 0 saturated carbocycles. The molecule has 1 aliphatic rings. The molecule has 8 heteroatoms. The summed E-state index contributed by atoms with van der Waals surface area (Å²) in [7, 11) is -3.43. The first kappa shape index (κ1) is 21.1. The zero-order valence-corrected chi connectivity index (χ0v) is 18.3. The molecule has 0 unspecified atom stereocenters. The number of nitrogens with zero attached hydrogens (tertiary/aromatic N) is 2. The molecule has 166 valence electrons. The molecule has 0 spiro atoms. The van der Waals surface area contributed by atoms with Crippen molar-refractivity contribution in [3.8, 4) is 11.3 Å². The maximum absolute atomic E-state index is 14.7. The van der Waals surface area contributed by atoms with Crippen molar-refractivity contribution in [1.82, 2.24) is 4.98 Å². The third-order valence-corrected chi connectivity index (χ3v) is 7.52. The second kappa shape index (κ2) is 8.29. The van der Waals surface area contributed by atoms with E-state index in [4.69, 9.17) is 0 Å². The van der Waals surface area contributed by atoms with Gasteiger partial charge in [-0.1, -0.05) is 36.4 Å². The quantitative estimate of drug-likeness (QED) is 0.472. The van der Waals surface area contributed by atoms with Crippen LogP contribution in [0.3, 0.4) is 0 Å². The second-order valence-corrected chi connectivity index (χ2v) is 9.83. The summed E-state index contributed by atoms with van der Waals surface area (Å²) in [6.07, 6.45) is 2.23. The standard InChI is InChI=1S/C25H20FN3O3S/c26-23-16-20(29-13-4-14-33(29,31)32)9-10-22(23)25(30)28-19-7-3-6-18(15-19)24-21-8-2-1-5-17(21)11-12-27-24/h1-3,5-12,15-16H,4,13-14H2,(H,28,30). The van der Waals surface area contributed by atoms with Gasteiger partial charge >= 0.3 is 0 Å². The molecule has 1 saturated heterocycles. The summed E-state index contributed by atoms with van der Waals surface area (Å²) in [6, 6.07) is 20.9. The van der Waals surface area contributed by atoms with Crippen LogP contribution in [0.2, 0.25) is 0 Å². The highest BCUT2D eigenvalue weighted by Crippen LogP contribution is 2.29. The number of benzene rings is 3. The molecule has 0 aliphatic carbocycles. The van der Waals surface area contributed by atoms with E-state index in [-0.39, 0.29) is 17.0 Å². The molecule has 2 heterocycles. The normalized spacial score (nSPS) is 15.0. The van der Waals surface area contributed by atoms with Gasteiger partial charge in [0.25, 0.3) is 5.91 Å². The third-order valence-electron chi connectivity index (χ3n) is 5.65. The number of carbonyl (C=O) groups excluding carboxylic acids is 1. The largest absolute Gasteiger partial charge is 0.322 e. The number of hydrogen-bond donors (Lipinski definition) is 1. The average Bonchev–Trinajstić information content (AvgIpc) is 3.17. The Morgan fingerprint density at radius 3 is 2.64 bits per heavy atom. The van der Waals surface area contributed by atoms with Crippen molar-refractivity contribution in [2.75, 3.05) is 21.9 Å². The van der Waals surface area contributed by atoms with Gasteiger partial charge in [-0.3, -0.25) is 14.1 Å². The molecule has 4 aromatic rings. The molecule has 1 fully saturated rings. The first-order valence-electron chi connectivity index (χ1n) is 10.5. The predicted molar refractivity (Wildman–Crippen MR) is 127 cm³/mol. The molecule has 3 aromatic carbocycles. The first-order chi connectivity index (χ1) is 15.9. The SMILES string of the molecule is O=C(Nc1cccc(-c2nccc3ccccc23)c1)c1ccc(N2CCCS2(=O)=O)cc1F. The van der Waals surface area contributed by atoms with Crippen molar-refractivity contribution in [2.45, 2.75) is 6.42 Å². The van der Waals surface area contributed by atoms with Gasteiger partial charge in [0.1, 0.15) is 5.82 Å². The number of anilines is 2. The summed E-state index contributed by atoms with van der Waals surface area (Å²) in [5.41, 5.74) is 2.17. The van der Waals surface area contributed by atoms with Gasteiger partial charge in [0, 0.05) is 29.4 Å². The number of carbonyl (C=O) groups is 1. The van der Waals surface area contributed by atoms with E-state index in [0.717, 1.165) is 28.1 Å². The number of pyridine rings is 1. The van der Waals surface area contributed by atoms with Gasteiger partial charge in [0.15, 0.2) is 0 Å². The Balaban J connectivity index is 1.41. The number of sulfonamides is 1. The van der Waals surface area contributed by atoms with Crippen LogP contribution in [0.15, 0.2) is 79.0 Å². The minimum absolute atomic E-state index is 0.0404. The highest BCUT2D eigenvalue weighted by atomic mass is 32.2. The summed E-state index contributed by atoms with van der Waals surface area (Å²) in [5, 5.41) is 4.77. The highest BCUT2D eigenvalue weighted by molar-refractivity contribution is 7.93. The minimum atomic E-state index is -3.43. The third kappa shape index (κ3) is 4.05. The van der Waals surface area contributed by atoms with Gasteiger partial charge < -0.3 is 5.32 Å². The average molecular weight is 462 g/mol. The van der Waals surface area contributed by atoms with Crippen LogP contribution in [0.5, 0.6) is 0 Å². The lowest BCUT2D eigenvalue weighted by Crippen LogP contribution is -2.25. The molecule has 0 radical (unpaired) electrons. The summed E-state index contributed by atoms with van der Waals surface area (Å²) in [5.74, 6) is -1.36. The number of aromatic nitrogens is 1. The van der Waals surface area contributed by atoms with Gasteiger partial charge in [-0.2, -0.15) is 0 Å². The van der Waals surface area contributed by atoms with Crippen LogP contribution >= 0.6 is 0 Å². The smallest absolute Gasteiger partial charge is 0.258 e. The van der Waals surface area contributed by atoms with Crippen LogP contribution in [0, 0.1) is 5.82 Å². The molecule has 1 N–H and O–H groups in total. The van der Waals surface area contributed by atoms with Crippen LogP contribution < -0.4 is 9.62 Å². The predicted octanol–water partition coefficient (Wildman–Crippen LogP) is 4.83. The van der Waals surface area contributed by atoms with Crippen molar-refractivity contribution in [3.05, 3.63) is 90.4 Å². The molecule has 0 bridgehead atoms. The maximum Gasteiger partial charge on any atom is 0.258 e. The molecule has 6 nitrogen and oxygen atoms in total. The molecule has 33 heavy (non-hydrogen) atoms. The minimum Gasteiger partial charge on any atom is -0.322 e. The number of rotatable bonds is 4. The van der Waals surface area contributed by atoms with Gasteiger partial charge in [0.2, 0.25) is 10.0 Å². The van der Waals surface area contributed by atoms with Crippen molar-refractivity contribution in [3.63, 3.8) is 0 Å². The van der Waals surface area contributed by atoms with E-state index in [2.05, 4.69) is 10.3 Å². The van der Waals surface area contributed by atoms with Gasteiger partial charge in [-0.05, 0) is 48.2 Å². The monoisotopic (exact) mass is 461 g/mol. The lowest BCUT2D eigenvalue weighted by atomic mass is 10.0. The fourth-order valence-corrected chi connectivity index (χ4v) is 5.62. The van der Waals surface area contributed by atoms with E-state index in [1.165, 1.54) is 16.4 Å². The zero-order chi connectivity index (χ0) is 23.0. The summed E-state index contributed by atoms with van der Waals surface area (Å²) in [6.45, 7) is 0.308. The van der Waals surface area contributed by atoms with Crippen LogP contribution in [0.1, 0.15) is 16.8 Å². The van der Waals surface area contributed by atoms with Gasteiger partial charge in [-0.15, -0.1) is 0 Å². The molecule has 0 atom stereocenters. The number of amides is 1. The van der Waals surface area contributed by atoms with Crippen molar-refractivity contribution < 1.29 is 17.6 Å². The summed E-state index contributed by atoms with van der Waals surface area (Å²) < 4.78 is 40.1. The van der Waals surface area contributed by atoms with Crippen LogP contribution in [-0.2, 0) is 10.0 Å². The molecule has 5 rings (SSSR count). The van der Waals surface area contributed by atoms with Crippen LogP contribution in [0.25, 0.3) is 22.0 Å². The number of fused-ring (bicyclic) bond motifs is 1. The Labute approximate surface area is 190 Å². The number of hydrogen-bond acceptors (Lipinski definition) is 4. The molecular weight excluding hydrogens is 441 g/mol. The number of nitrogens with one attached hydrogen (secondary N) is 1. The Morgan fingerprint density at radius 2 is 1.85 bits per heavy atom. The Kier molecular flexibility index (Phi) is 5.30. The Hall–Kier alpha value is -3.78.